The van der Waals surface area contributed by atoms with Crippen molar-refractivity contribution < 1.29 is 9.47 Å². The Kier molecular flexibility index (Phi) is 4.17. The van der Waals surface area contributed by atoms with Crippen LogP contribution in [0.15, 0.2) is 22.7 Å². The molecule has 0 atom stereocenters. The summed E-state index contributed by atoms with van der Waals surface area (Å²) in [6.07, 6.45) is 0.922. The lowest BCUT2D eigenvalue weighted by molar-refractivity contribution is 0.173. The van der Waals surface area contributed by atoms with Gasteiger partial charge in [-0.05, 0) is 28.4 Å². The molecule has 1 aromatic heterocycles. The van der Waals surface area contributed by atoms with Crippen molar-refractivity contribution >= 4 is 15.9 Å². The molecule has 2 heterocycles. The van der Waals surface area contributed by atoms with Gasteiger partial charge in [-0.15, -0.1) is 0 Å². The first kappa shape index (κ1) is 14.4. The molecular formula is C15H18BrN3O2. The van der Waals surface area contributed by atoms with Crippen LogP contribution in [0.5, 0.6) is 11.5 Å². The largest absolute Gasteiger partial charge is 0.454 e. The molecule has 6 heteroatoms. The quantitative estimate of drug-likeness (QED) is 0.899. The number of benzene rings is 1. The maximum absolute atomic E-state index is 5.51. The van der Waals surface area contributed by atoms with Crippen molar-refractivity contribution in [1.29, 1.82) is 0 Å². The highest BCUT2D eigenvalue weighted by molar-refractivity contribution is 9.10. The third kappa shape index (κ3) is 2.78. The van der Waals surface area contributed by atoms with Gasteiger partial charge in [-0.2, -0.15) is 5.10 Å². The summed E-state index contributed by atoms with van der Waals surface area (Å²) in [7, 11) is 1.97. The second-order valence-corrected chi connectivity index (χ2v) is 5.73. The van der Waals surface area contributed by atoms with Gasteiger partial charge in [-0.25, -0.2) is 0 Å². The lowest BCUT2D eigenvalue weighted by Gasteiger charge is -2.08. The molecule has 0 amide bonds. The molecule has 0 aliphatic carbocycles. The molecule has 1 aliphatic rings. The van der Waals surface area contributed by atoms with Crippen LogP contribution in [-0.4, -0.2) is 16.6 Å². The average molecular weight is 352 g/mol. The minimum absolute atomic E-state index is 0.305. The molecule has 1 N–H and O–H groups in total. The van der Waals surface area contributed by atoms with Gasteiger partial charge in [0.25, 0.3) is 0 Å². The number of nitrogens with zero attached hydrogens (tertiary/aromatic N) is 2. The van der Waals surface area contributed by atoms with Gasteiger partial charge in [0.05, 0.1) is 15.9 Å². The minimum Gasteiger partial charge on any atom is -0.454 e. The first-order chi connectivity index (χ1) is 10.2. The molecule has 21 heavy (non-hydrogen) atoms. The maximum Gasteiger partial charge on any atom is 0.231 e. The van der Waals surface area contributed by atoms with Gasteiger partial charge in [-0.3, -0.25) is 4.68 Å². The van der Waals surface area contributed by atoms with E-state index < -0.39 is 0 Å². The van der Waals surface area contributed by atoms with Gasteiger partial charge < -0.3 is 14.8 Å². The van der Waals surface area contributed by atoms with E-state index in [2.05, 4.69) is 39.3 Å². The molecule has 0 spiro atoms. The lowest BCUT2D eigenvalue weighted by atomic mass is 10.2. The summed E-state index contributed by atoms with van der Waals surface area (Å²) in [5, 5.41) is 7.94. The maximum atomic E-state index is 5.51. The number of halogens is 1. The van der Waals surface area contributed by atoms with Crippen molar-refractivity contribution in [3.05, 3.63) is 39.6 Å². The van der Waals surface area contributed by atoms with Crippen LogP contribution in [0.4, 0.5) is 0 Å². The first-order valence-corrected chi connectivity index (χ1v) is 7.78. The second kappa shape index (κ2) is 6.07. The highest BCUT2D eigenvalue weighted by Crippen LogP contribution is 2.35. The molecular weight excluding hydrogens is 334 g/mol. The van der Waals surface area contributed by atoms with Gasteiger partial charge in [0.1, 0.15) is 0 Å². The van der Waals surface area contributed by atoms with Crippen molar-refractivity contribution in [2.45, 2.75) is 26.4 Å². The molecule has 2 aromatic rings. The number of aromatic nitrogens is 2. The Balaban J connectivity index is 1.67. The number of para-hydroxylation sites is 1. The van der Waals surface area contributed by atoms with Crippen molar-refractivity contribution in [1.82, 2.24) is 15.1 Å². The van der Waals surface area contributed by atoms with Gasteiger partial charge in [-0.1, -0.05) is 19.1 Å². The Morgan fingerprint density at radius 3 is 2.95 bits per heavy atom. The van der Waals surface area contributed by atoms with Gasteiger partial charge in [0.2, 0.25) is 6.79 Å². The Morgan fingerprint density at radius 1 is 1.33 bits per heavy atom. The Bertz CT molecular complexity index is 655. The predicted molar refractivity (Wildman–Crippen MR) is 83.4 cm³/mol. The number of hydrogen-bond acceptors (Lipinski definition) is 4. The highest BCUT2D eigenvalue weighted by atomic mass is 79.9. The van der Waals surface area contributed by atoms with E-state index in [1.54, 1.807) is 0 Å². The van der Waals surface area contributed by atoms with E-state index in [-0.39, 0.29) is 0 Å². The third-order valence-corrected chi connectivity index (χ3v) is 4.50. The molecule has 0 saturated carbocycles. The molecule has 0 radical (unpaired) electrons. The number of ether oxygens (including phenoxy) is 2. The van der Waals surface area contributed by atoms with Crippen LogP contribution >= 0.6 is 15.9 Å². The van der Waals surface area contributed by atoms with E-state index in [9.17, 15) is 0 Å². The molecule has 1 aliphatic heterocycles. The fourth-order valence-electron chi connectivity index (χ4n) is 2.46. The van der Waals surface area contributed by atoms with Crippen LogP contribution < -0.4 is 14.8 Å². The fourth-order valence-corrected chi connectivity index (χ4v) is 3.21. The number of aryl methyl sites for hydroxylation is 2. The van der Waals surface area contributed by atoms with E-state index in [4.69, 9.17) is 9.47 Å². The number of hydrogen-bond donors (Lipinski definition) is 1. The standard InChI is InChI=1S/C15H18BrN3O2/c1-3-11-14(16)12(19(2)18-11)8-17-7-10-5-4-6-13-15(10)21-9-20-13/h4-6,17H,3,7-9H2,1-2H3. The Morgan fingerprint density at radius 2 is 2.19 bits per heavy atom. The second-order valence-electron chi connectivity index (χ2n) is 4.94. The summed E-state index contributed by atoms with van der Waals surface area (Å²) in [5.41, 5.74) is 3.35. The zero-order valence-electron chi connectivity index (χ0n) is 12.1. The molecule has 0 bridgehead atoms. The molecule has 0 saturated heterocycles. The van der Waals surface area contributed by atoms with Crippen molar-refractivity contribution in [2.24, 2.45) is 7.05 Å². The van der Waals surface area contributed by atoms with Gasteiger partial charge in [0, 0.05) is 25.7 Å². The number of rotatable bonds is 5. The lowest BCUT2D eigenvalue weighted by Crippen LogP contribution is -2.16. The van der Waals surface area contributed by atoms with Crippen molar-refractivity contribution in [3.8, 4) is 11.5 Å². The van der Waals surface area contributed by atoms with Crippen LogP contribution in [-0.2, 0) is 26.6 Å². The van der Waals surface area contributed by atoms with E-state index in [1.807, 2.05) is 23.9 Å². The topological polar surface area (TPSA) is 48.3 Å². The summed E-state index contributed by atoms with van der Waals surface area (Å²) in [6.45, 7) is 3.88. The number of fused-ring (bicyclic) bond motifs is 1. The van der Waals surface area contributed by atoms with E-state index in [1.165, 1.54) is 0 Å². The van der Waals surface area contributed by atoms with Crippen LogP contribution in [0, 0.1) is 0 Å². The Hall–Kier alpha value is -1.53. The normalized spacial score (nSPS) is 12.9. The highest BCUT2D eigenvalue weighted by Gasteiger charge is 2.17. The van der Waals surface area contributed by atoms with Crippen molar-refractivity contribution in [2.75, 3.05) is 6.79 Å². The molecule has 112 valence electrons. The molecule has 1 aromatic carbocycles. The SMILES string of the molecule is CCc1nn(C)c(CNCc2cccc3c2OCO3)c1Br. The molecule has 3 rings (SSSR count). The summed E-state index contributed by atoms with van der Waals surface area (Å²) in [6, 6.07) is 5.97. The van der Waals surface area contributed by atoms with Crippen LogP contribution in [0.2, 0.25) is 0 Å². The average Bonchev–Trinajstić information content (AvgIpc) is 3.06. The van der Waals surface area contributed by atoms with E-state index in [0.29, 0.717) is 6.79 Å². The van der Waals surface area contributed by atoms with Gasteiger partial charge >= 0.3 is 0 Å². The smallest absolute Gasteiger partial charge is 0.231 e. The van der Waals surface area contributed by atoms with E-state index in [0.717, 1.165) is 52.4 Å². The monoisotopic (exact) mass is 351 g/mol. The fraction of sp³-hybridized carbons (Fsp3) is 0.400. The molecule has 5 nitrogen and oxygen atoms in total. The van der Waals surface area contributed by atoms with Crippen LogP contribution in [0.3, 0.4) is 0 Å². The first-order valence-electron chi connectivity index (χ1n) is 6.99. The van der Waals surface area contributed by atoms with Gasteiger partial charge in [0.15, 0.2) is 11.5 Å². The minimum atomic E-state index is 0.305. The van der Waals surface area contributed by atoms with Crippen LogP contribution in [0.25, 0.3) is 0 Å². The molecule has 0 unspecified atom stereocenters. The summed E-state index contributed by atoms with van der Waals surface area (Å²) >= 11 is 3.63. The zero-order chi connectivity index (χ0) is 14.8. The Labute approximate surface area is 132 Å². The third-order valence-electron chi connectivity index (χ3n) is 3.59. The summed E-state index contributed by atoms with van der Waals surface area (Å²) in [5.74, 6) is 1.67. The number of nitrogens with one attached hydrogen (secondary N) is 1. The molecule has 0 fully saturated rings. The van der Waals surface area contributed by atoms with Crippen molar-refractivity contribution in [3.63, 3.8) is 0 Å². The predicted octanol–water partition coefficient (Wildman–Crippen LogP) is 2.76. The van der Waals surface area contributed by atoms with E-state index >= 15 is 0 Å². The van der Waals surface area contributed by atoms with Crippen LogP contribution in [0.1, 0.15) is 23.9 Å². The summed E-state index contributed by atoms with van der Waals surface area (Å²) < 4.78 is 13.9. The zero-order valence-corrected chi connectivity index (χ0v) is 13.7. The summed E-state index contributed by atoms with van der Waals surface area (Å²) in [4.78, 5) is 0.